The van der Waals surface area contributed by atoms with Crippen LogP contribution in [0.3, 0.4) is 0 Å². The molecule has 3 nitrogen and oxygen atoms in total. The summed E-state index contributed by atoms with van der Waals surface area (Å²) in [5.41, 5.74) is 0.318. The molecule has 110 valence electrons. The zero-order valence-corrected chi connectivity index (χ0v) is 13.3. The van der Waals surface area contributed by atoms with Crippen molar-refractivity contribution in [2.45, 2.75) is 51.7 Å². The molecule has 4 heteroatoms. The quantitative estimate of drug-likeness (QED) is 0.758. The van der Waals surface area contributed by atoms with Gasteiger partial charge in [-0.1, -0.05) is 23.7 Å². The van der Waals surface area contributed by atoms with Crippen molar-refractivity contribution in [2.75, 3.05) is 6.54 Å². The van der Waals surface area contributed by atoms with Gasteiger partial charge in [-0.3, -0.25) is 4.90 Å². The lowest BCUT2D eigenvalue weighted by Crippen LogP contribution is -2.45. The van der Waals surface area contributed by atoms with Crippen LogP contribution in [0, 0.1) is 0 Å². The highest BCUT2D eigenvalue weighted by Crippen LogP contribution is 2.39. The highest BCUT2D eigenvalue weighted by molar-refractivity contribution is 6.30. The Morgan fingerprint density at radius 2 is 1.90 bits per heavy atom. The highest BCUT2D eigenvalue weighted by atomic mass is 35.5. The molecule has 2 rings (SSSR count). The van der Waals surface area contributed by atoms with Gasteiger partial charge in [-0.2, -0.15) is 0 Å². The lowest BCUT2D eigenvalue weighted by molar-refractivity contribution is 0.00994. The summed E-state index contributed by atoms with van der Waals surface area (Å²) in [5, 5.41) is 0.708. The number of rotatable bonds is 1. The summed E-state index contributed by atoms with van der Waals surface area (Å²) in [7, 11) is 0. The third-order valence-electron chi connectivity index (χ3n) is 3.72. The van der Waals surface area contributed by atoms with E-state index in [9.17, 15) is 4.79 Å². The molecule has 1 aliphatic rings. The van der Waals surface area contributed by atoms with Crippen molar-refractivity contribution in [1.29, 1.82) is 0 Å². The van der Waals surface area contributed by atoms with E-state index in [1.807, 2.05) is 49.9 Å². The molecular formula is C16H22ClNO2. The second kappa shape index (κ2) is 5.28. The van der Waals surface area contributed by atoms with Crippen LogP contribution in [-0.4, -0.2) is 23.1 Å². The second-order valence-corrected chi connectivity index (χ2v) is 6.95. The third kappa shape index (κ3) is 3.09. The van der Waals surface area contributed by atoms with Gasteiger partial charge in [0.25, 0.3) is 0 Å². The van der Waals surface area contributed by atoms with E-state index in [1.165, 1.54) is 0 Å². The number of benzene rings is 1. The molecule has 20 heavy (non-hydrogen) atoms. The largest absolute Gasteiger partial charge is 0.444 e. The smallest absolute Gasteiger partial charge is 0.411 e. The van der Waals surface area contributed by atoms with E-state index in [0.717, 1.165) is 24.9 Å². The van der Waals surface area contributed by atoms with Crippen molar-refractivity contribution in [3.8, 4) is 0 Å². The molecule has 1 heterocycles. The number of nitrogens with zero attached hydrogens (tertiary/aromatic N) is 1. The van der Waals surface area contributed by atoms with E-state index < -0.39 is 5.60 Å². The molecule has 0 aliphatic carbocycles. The normalized spacial score (nSPS) is 22.9. The standard InChI is InChI=1S/C16H22ClNO2/c1-15(2,3)20-14(19)18-11-5-10-16(18,4)12-6-8-13(17)9-7-12/h6-9H,5,10-11H2,1-4H3/t16-/m0/s1. The average Bonchev–Trinajstić information content (AvgIpc) is 2.71. The van der Waals surface area contributed by atoms with Crippen LogP contribution in [-0.2, 0) is 10.3 Å². The fraction of sp³-hybridized carbons (Fsp3) is 0.562. The van der Waals surface area contributed by atoms with Crippen LogP contribution in [0.4, 0.5) is 4.79 Å². The summed E-state index contributed by atoms with van der Waals surface area (Å²) < 4.78 is 5.52. The molecule has 0 N–H and O–H groups in total. The van der Waals surface area contributed by atoms with Gasteiger partial charge in [0.15, 0.2) is 0 Å². The molecule has 0 bridgehead atoms. The van der Waals surface area contributed by atoms with Gasteiger partial charge in [-0.05, 0) is 58.2 Å². The monoisotopic (exact) mass is 295 g/mol. The van der Waals surface area contributed by atoms with Crippen LogP contribution in [0.15, 0.2) is 24.3 Å². The summed E-state index contributed by atoms with van der Waals surface area (Å²) in [6.07, 6.45) is 1.68. The molecule has 1 aromatic carbocycles. The van der Waals surface area contributed by atoms with Crippen LogP contribution in [0.25, 0.3) is 0 Å². The van der Waals surface area contributed by atoms with E-state index in [0.29, 0.717) is 5.02 Å². The maximum absolute atomic E-state index is 12.4. The number of halogens is 1. The fourth-order valence-corrected chi connectivity index (χ4v) is 2.81. The SMILES string of the molecule is CC(C)(C)OC(=O)N1CCC[C@@]1(C)c1ccc(Cl)cc1. The molecule has 0 radical (unpaired) electrons. The summed E-state index contributed by atoms with van der Waals surface area (Å²) in [6.45, 7) is 8.49. The average molecular weight is 296 g/mol. The van der Waals surface area contributed by atoms with Crippen molar-refractivity contribution >= 4 is 17.7 Å². The Kier molecular flexibility index (Phi) is 4.01. The Morgan fingerprint density at radius 3 is 2.45 bits per heavy atom. The maximum Gasteiger partial charge on any atom is 0.411 e. The molecule has 0 saturated carbocycles. The number of amides is 1. The lowest BCUT2D eigenvalue weighted by Gasteiger charge is -2.36. The van der Waals surface area contributed by atoms with Crippen LogP contribution in [0.5, 0.6) is 0 Å². The molecule has 1 aliphatic heterocycles. The Labute approximate surface area is 125 Å². The van der Waals surface area contributed by atoms with Gasteiger partial charge in [-0.25, -0.2) is 4.79 Å². The van der Waals surface area contributed by atoms with Gasteiger partial charge in [0.1, 0.15) is 5.60 Å². The topological polar surface area (TPSA) is 29.5 Å². The van der Waals surface area contributed by atoms with E-state index in [4.69, 9.17) is 16.3 Å². The van der Waals surface area contributed by atoms with E-state index in [-0.39, 0.29) is 11.6 Å². The predicted molar refractivity (Wildman–Crippen MR) is 81.0 cm³/mol. The van der Waals surface area contributed by atoms with Gasteiger partial charge in [0.05, 0.1) is 5.54 Å². The zero-order chi connectivity index (χ0) is 15.0. The number of likely N-dealkylation sites (tertiary alicyclic amines) is 1. The first kappa shape index (κ1) is 15.2. The summed E-state index contributed by atoms with van der Waals surface area (Å²) in [4.78, 5) is 14.2. The fourth-order valence-electron chi connectivity index (χ4n) is 2.68. The number of hydrogen-bond donors (Lipinski definition) is 0. The van der Waals surface area contributed by atoms with Crippen LogP contribution in [0.2, 0.25) is 5.02 Å². The maximum atomic E-state index is 12.4. The predicted octanol–water partition coefficient (Wildman–Crippen LogP) is 4.59. The van der Waals surface area contributed by atoms with E-state index in [2.05, 4.69) is 6.92 Å². The minimum absolute atomic E-state index is 0.243. The van der Waals surface area contributed by atoms with Gasteiger partial charge in [0.2, 0.25) is 0 Å². The zero-order valence-electron chi connectivity index (χ0n) is 12.6. The highest BCUT2D eigenvalue weighted by Gasteiger charge is 2.42. The Hall–Kier alpha value is -1.22. The summed E-state index contributed by atoms with van der Waals surface area (Å²) in [6, 6.07) is 7.72. The first-order valence-corrected chi connectivity index (χ1v) is 7.37. The number of carbonyl (C=O) groups is 1. The van der Waals surface area contributed by atoms with E-state index in [1.54, 1.807) is 0 Å². The Balaban J connectivity index is 2.25. The van der Waals surface area contributed by atoms with Crippen molar-refractivity contribution in [3.63, 3.8) is 0 Å². The summed E-state index contributed by atoms with van der Waals surface area (Å²) >= 11 is 5.94. The molecule has 0 spiro atoms. The molecule has 1 aromatic rings. The third-order valence-corrected chi connectivity index (χ3v) is 3.97. The van der Waals surface area contributed by atoms with Crippen LogP contribution >= 0.6 is 11.6 Å². The Bertz CT molecular complexity index is 492. The molecular weight excluding hydrogens is 274 g/mol. The number of hydrogen-bond acceptors (Lipinski definition) is 2. The minimum atomic E-state index is -0.472. The van der Waals surface area contributed by atoms with E-state index >= 15 is 0 Å². The molecule has 1 amide bonds. The minimum Gasteiger partial charge on any atom is -0.444 e. The van der Waals surface area contributed by atoms with Crippen LogP contribution in [0.1, 0.15) is 46.1 Å². The van der Waals surface area contributed by atoms with Crippen molar-refractivity contribution < 1.29 is 9.53 Å². The number of carbonyl (C=O) groups excluding carboxylic acids is 1. The van der Waals surface area contributed by atoms with Gasteiger partial charge < -0.3 is 4.74 Å². The first-order chi connectivity index (χ1) is 9.22. The second-order valence-electron chi connectivity index (χ2n) is 6.52. The first-order valence-electron chi connectivity index (χ1n) is 6.99. The molecule has 1 fully saturated rings. The lowest BCUT2D eigenvalue weighted by atomic mass is 9.89. The molecule has 1 saturated heterocycles. The van der Waals surface area contributed by atoms with Gasteiger partial charge in [-0.15, -0.1) is 0 Å². The van der Waals surface area contributed by atoms with Gasteiger partial charge >= 0.3 is 6.09 Å². The van der Waals surface area contributed by atoms with Crippen LogP contribution < -0.4 is 0 Å². The molecule has 1 atom stereocenters. The van der Waals surface area contributed by atoms with Crippen molar-refractivity contribution in [3.05, 3.63) is 34.9 Å². The molecule has 0 aromatic heterocycles. The summed E-state index contributed by atoms with van der Waals surface area (Å²) in [5.74, 6) is 0. The number of ether oxygens (including phenoxy) is 1. The van der Waals surface area contributed by atoms with Gasteiger partial charge in [0, 0.05) is 11.6 Å². The van der Waals surface area contributed by atoms with Crippen molar-refractivity contribution in [1.82, 2.24) is 4.90 Å². The molecule has 0 unspecified atom stereocenters. The van der Waals surface area contributed by atoms with Crippen molar-refractivity contribution in [2.24, 2.45) is 0 Å². The Morgan fingerprint density at radius 1 is 1.30 bits per heavy atom.